The van der Waals surface area contributed by atoms with Crippen LogP contribution in [0.25, 0.3) is 11.3 Å². The number of halogens is 1. The van der Waals surface area contributed by atoms with Crippen LogP contribution in [0.1, 0.15) is 50.4 Å². The molecule has 4 rings (SSSR count). The first-order valence-corrected chi connectivity index (χ1v) is 9.10. The molecule has 0 radical (unpaired) electrons. The van der Waals surface area contributed by atoms with Gasteiger partial charge in [0.1, 0.15) is 5.82 Å². The molecular formula is C20H26FN3. The first-order valence-electron chi connectivity index (χ1n) is 9.10. The fourth-order valence-electron chi connectivity index (χ4n) is 4.31. The summed E-state index contributed by atoms with van der Waals surface area (Å²) in [5.41, 5.74) is 5.28. The van der Waals surface area contributed by atoms with Crippen molar-refractivity contribution in [1.29, 1.82) is 0 Å². The maximum Gasteiger partial charge on any atom is 0.123 e. The molecule has 1 N–H and O–H groups in total. The van der Waals surface area contributed by atoms with E-state index in [0.29, 0.717) is 11.5 Å². The normalized spacial score (nSPS) is 23.0. The van der Waals surface area contributed by atoms with E-state index in [2.05, 4.69) is 23.8 Å². The Morgan fingerprint density at radius 2 is 1.92 bits per heavy atom. The van der Waals surface area contributed by atoms with E-state index in [1.54, 1.807) is 12.1 Å². The van der Waals surface area contributed by atoms with Crippen LogP contribution >= 0.6 is 0 Å². The van der Waals surface area contributed by atoms with Crippen molar-refractivity contribution in [2.45, 2.75) is 52.0 Å². The molecule has 0 amide bonds. The molecule has 1 aromatic carbocycles. The average Bonchev–Trinajstić information content (AvgIpc) is 3.00. The van der Waals surface area contributed by atoms with Gasteiger partial charge in [0.15, 0.2) is 0 Å². The van der Waals surface area contributed by atoms with Gasteiger partial charge in [0.05, 0.1) is 17.4 Å². The molecule has 1 unspecified atom stereocenters. The van der Waals surface area contributed by atoms with E-state index in [0.717, 1.165) is 31.5 Å². The van der Waals surface area contributed by atoms with Crippen molar-refractivity contribution in [2.75, 3.05) is 13.1 Å². The Labute approximate surface area is 143 Å². The highest BCUT2D eigenvalue weighted by Gasteiger charge is 2.35. The van der Waals surface area contributed by atoms with Crippen LogP contribution in [-0.2, 0) is 12.8 Å². The van der Waals surface area contributed by atoms with Crippen LogP contribution in [0, 0.1) is 11.2 Å². The minimum atomic E-state index is -0.181. The number of nitrogens with zero attached hydrogens (tertiary/aromatic N) is 2. The molecule has 4 heteroatoms. The first-order chi connectivity index (χ1) is 11.5. The zero-order valence-corrected chi connectivity index (χ0v) is 14.6. The van der Waals surface area contributed by atoms with Gasteiger partial charge in [-0.25, -0.2) is 4.39 Å². The van der Waals surface area contributed by atoms with Crippen LogP contribution in [-0.4, -0.2) is 22.9 Å². The molecule has 1 fully saturated rings. The van der Waals surface area contributed by atoms with Gasteiger partial charge in [0.2, 0.25) is 0 Å². The highest BCUT2D eigenvalue weighted by atomic mass is 19.1. The van der Waals surface area contributed by atoms with Crippen molar-refractivity contribution in [3.8, 4) is 11.3 Å². The Morgan fingerprint density at radius 1 is 1.17 bits per heavy atom. The minimum absolute atomic E-state index is 0.181. The lowest BCUT2D eigenvalue weighted by atomic mass is 9.92. The summed E-state index contributed by atoms with van der Waals surface area (Å²) >= 11 is 0. The third-order valence-electron chi connectivity index (χ3n) is 5.59. The number of rotatable bonds is 2. The van der Waals surface area contributed by atoms with Crippen LogP contribution in [0.5, 0.6) is 0 Å². The van der Waals surface area contributed by atoms with E-state index in [1.807, 2.05) is 12.1 Å². The summed E-state index contributed by atoms with van der Waals surface area (Å²) in [6.07, 6.45) is 5.57. The van der Waals surface area contributed by atoms with Crippen molar-refractivity contribution < 1.29 is 4.39 Å². The summed E-state index contributed by atoms with van der Waals surface area (Å²) in [5, 5.41) is 8.50. The Balaban J connectivity index is 1.82. The van der Waals surface area contributed by atoms with Gasteiger partial charge in [-0.3, -0.25) is 4.68 Å². The Bertz CT molecular complexity index is 730. The highest BCUT2D eigenvalue weighted by molar-refractivity contribution is 5.65. The van der Waals surface area contributed by atoms with E-state index < -0.39 is 0 Å². The van der Waals surface area contributed by atoms with E-state index in [-0.39, 0.29) is 5.82 Å². The third kappa shape index (κ3) is 2.88. The Kier molecular flexibility index (Phi) is 3.95. The fourth-order valence-corrected chi connectivity index (χ4v) is 4.31. The summed E-state index contributed by atoms with van der Waals surface area (Å²) in [7, 11) is 0. The maximum absolute atomic E-state index is 13.4. The molecular weight excluding hydrogens is 301 g/mol. The van der Waals surface area contributed by atoms with E-state index >= 15 is 0 Å². The van der Waals surface area contributed by atoms with Gasteiger partial charge < -0.3 is 5.32 Å². The molecule has 1 aromatic heterocycles. The molecule has 1 aliphatic heterocycles. The van der Waals surface area contributed by atoms with Gasteiger partial charge in [0, 0.05) is 24.1 Å². The Morgan fingerprint density at radius 3 is 2.62 bits per heavy atom. The van der Waals surface area contributed by atoms with Crippen LogP contribution in [0.2, 0.25) is 0 Å². The highest BCUT2D eigenvalue weighted by Crippen LogP contribution is 2.45. The number of hydrogen-bond acceptors (Lipinski definition) is 2. The lowest BCUT2D eigenvalue weighted by molar-refractivity contribution is 0.350. The van der Waals surface area contributed by atoms with Crippen LogP contribution < -0.4 is 5.32 Å². The second-order valence-electron chi connectivity index (χ2n) is 8.04. The van der Waals surface area contributed by atoms with Crippen LogP contribution in [0.4, 0.5) is 4.39 Å². The smallest absolute Gasteiger partial charge is 0.123 e. The van der Waals surface area contributed by atoms with Gasteiger partial charge in [0.25, 0.3) is 0 Å². The molecule has 2 aliphatic rings. The number of hydrogen-bond donors (Lipinski definition) is 1. The number of fused-ring (bicyclic) bond motifs is 1. The summed E-state index contributed by atoms with van der Waals surface area (Å²) in [4.78, 5) is 0. The summed E-state index contributed by atoms with van der Waals surface area (Å²) < 4.78 is 15.7. The summed E-state index contributed by atoms with van der Waals surface area (Å²) in [6.45, 7) is 6.68. The fraction of sp³-hybridized carbons (Fsp3) is 0.550. The standard InChI is InChI=1S/C20H26FN3/c1-20(2)10-7-16(13-20)24-19(14-3-5-15(21)6-4-14)17-8-11-22-12-9-18(17)23-24/h3-6,16,22H,7-13H2,1-2H3. The average molecular weight is 327 g/mol. The number of benzene rings is 1. The predicted octanol–water partition coefficient (Wildman–Crippen LogP) is 4.13. The third-order valence-corrected chi connectivity index (χ3v) is 5.59. The molecule has 1 atom stereocenters. The van der Waals surface area contributed by atoms with Crippen molar-refractivity contribution in [3.05, 3.63) is 41.3 Å². The lowest BCUT2D eigenvalue weighted by Gasteiger charge is -2.19. The minimum Gasteiger partial charge on any atom is -0.316 e. The van der Waals surface area contributed by atoms with Gasteiger partial charge in [-0.2, -0.15) is 5.10 Å². The van der Waals surface area contributed by atoms with Crippen molar-refractivity contribution in [3.63, 3.8) is 0 Å². The maximum atomic E-state index is 13.4. The zero-order chi connectivity index (χ0) is 16.7. The van der Waals surface area contributed by atoms with E-state index in [4.69, 9.17) is 5.10 Å². The van der Waals surface area contributed by atoms with Gasteiger partial charge in [-0.05, 0) is 61.9 Å². The molecule has 0 saturated heterocycles. The van der Waals surface area contributed by atoms with Crippen molar-refractivity contribution in [1.82, 2.24) is 15.1 Å². The summed E-state index contributed by atoms with van der Waals surface area (Å²) in [6, 6.07) is 7.39. The monoisotopic (exact) mass is 327 g/mol. The molecule has 1 aliphatic carbocycles. The van der Waals surface area contributed by atoms with Crippen molar-refractivity contribution >= 4 is 0 Å². The van der Waals surface area contributed by atoms with Gasteiger partial charge in [-0.15, -0.1) is 0 Å². The molecule has 2 aromatic rings. The molecule has 0 bridgehead atoms. The molecule has 0 spiro atoms. The SMILES string of the molecule is CC1(C)CCC(n2nc3c(c2-c2ccc(F)cc2)CCNCC3)C1. The second kappa shape index (κ2) is 5.99. The van der Waals surface area contributed by atoms with E-state index in [1.165, 1.54) is 36.2 Å². The molecule has 128 valence electrons. The van der Waals surface area contributed by atoms with Crippen LogP contribution in [0.15, 0.2) is 24.3 Å². The van der Waals surface area contributed by atoms with E-state index in [9.17, 15) is 4.39 Å². The Hall–Kier alpha value is -1.68. The number of aromatic nitrogens is 2. The van der Waals surface area contributed by atoms with Crippen LogP contribution in [0.3, 0.4) is 0 Å². The molecule has 1 saturated carbocycles. The molecule has 2 heterocycles. The first kappa shape index (κ1) is 15.8. The summed E-state index contributed by atoms with van der Waals surface area (Å²) in [5.74, 6) is -0.181. The van der Waals surface area contributed by atoms with Gasteiger partial charge >= 0.3 is 0 Å². The number of nitrogens with one attached hydrogen (secondary N) is 1. The predicted molar refractivity (Wildman–Crippen MR) is 94.6 cm³/mol. The molecule has 24 heavy (non-hydrogen) atoms. The second-order valence-corrected chi connectivity index (χ2v) is 8.04. The topological polar surface area (TPSA) is 29.9 Å². The molecule has 3 nitrogen and oxygen atoms in total. The quantitative estimate of drug-likeness (QED) is 0.899. The lowest BCUT2D eigenvalue weighted by Crippen LogP contribution is -2.18. The van der Waals surface area contributed by atoms with Crippen molar-refractivity contribution in [2.24, 2.45) is 5.41 Å². The largest absolute Gasteiger partial charge is 0.316 e. The van der Waals surface area contributed by atoms with Gasteiger partial charge in [-0.1, -0.05) is 13.8 Å². The zero-order valence-electron chi connectivity index (χ0n) is 14.6.